The van der Waals surface area contributed by atoms with Crippen LogP contribution in [-0.2, 0) is 6.54 Å². The molecule has 0 spiro atoms. The van der Waals surface area contributed by atoms with Crippen molar-refractivity contribution in [2.24, 2.45) is 0 Å². The van der Waals surface area contributed by atoms with E-state index in [1.165, 1.54) is 6.07 Å². The molecule has 1 heterocycles. The Labute approximate surface area is 104 Å². The van der Waals surface area contributed by atoms with Crippen molar-refractivity contribution in [2.75, 3.05) is 5.32 Å². The topological polar surface area (TPSA) is 83.8 Å². The van der Waals surface area contributed by atoms with Crippen LogP contribution in [0.15, 0.2) is 24.4 Å². The molecule has 0 aliphatic rings. The van der Waals surface area contributed by atoms with E-state index < -0.39 is 0 Å². The van der Waals surface area contributed by atoms with Crippen molar-refractivity contribution in [1.29, 1.82) is 0 Å². The first-order valence-electron chi connectivity index (χ1n) is 5.55. The van der Waals surface area contributed by atoms with E-state index >= 15 is 0 Å². The molecule has 2 aromatic rings. The van der Waals surface area contributed by atoms with E-state index in [4.69, 9.17) is 0 Å². The smallest absolute Gasteiger partial charge is 0.271 e. The number of hydrogen-bond donors (Lipinski definition) is 2. The van der Waals surface area contributed by atoms with Crippen LogP contribution >= 0.6 is 0 Å². The van der Waals surface area contributed by atoms with Crippen LogP contribution in [0.3, 0.4) is 0 Å². The highest BCUT2D eigenvalue weighted by Gasteiger charge is 2.08. The molecule has 2 N–H and O–H groups in total. The Kier molecular flexibility index (Phi) is 3.27. The molecule has 0 saturated carbocycles. The van der Waals surface area contributed by atoms with Gasteiger partial charge in [0.05, 0.1) is 11.1 Å². The average Bonchev–Trinajstić information content (AvgIpc) is 2.71. The van der Waals surface area contributed by atoms with Crippen molar-refractivity contribution in [3.63, 3.8) is 0 Å². The van der Waals surface area contributed by atoms with Crippen molar-refractivity contribution < 1.29 is 4.92 Å². The molecular weight excluding hydrogens is 232 g/mol. The predicted octanol–water partition coefficient (Wildman–Crippen LogP) is 2.55. The molecule has 0 fully saturated rings. The van der Waals surface area contributed by atoms with Crippen LogP contribution in [-0.4, -0.2) is 15.1 Å². The first kappa shape index (κ1) is 12.1. The molecule has 0 radical (unpaired) electrons. The number of aryl methyl sites for hydroxylation is 2. The largest absolute Gasteiger partial charge is 0.381 e. The summed E-state index contributed by atoms with van der Waals surface area (Å²) in [4.78, 5) is 10.4. The predicted molar refractivity (Wildman–Crippen MR) is 68.5 cm³/mol. The van der Waals surface area contributed by atoms with Gasteiger partial charge in [-0.3, -0.25) is 15.2 Å². The number of nitrogens with zero attached hydrogens (tertiary/aromatic N) is 2. The second kappa shape index (κ2) is 4.87. The normalized spacial score (nSPS) is 10.3. The molecule has 0 amide bonds. The summed E-state index contributed by atoms with van der Waals surface area (Å²) >= 11 is 0. The third-order valence-electron chi connectivity index (χ3n) is 2.69. The minimum absolute atomic E-state index is 0.0985. The molecule has 6 nitrogen and oxygen atoms in total. The number of H-pyrrole nitrogens is 1. The van der Waals surface area contributed by atoms with Crippen LogP contribution in [0.1, 0.15) is 16.8 Å². The summed E-state index contributed by atoms with van der Waals surface area (Å²) in [6.45, 7) is 4.35. The highest BCUT2D eigenvalue weighted by molar-refractivity contribution is 5.54. The number of aromatic amines is 1. The van der Waals surface area contributed by atoms with E-state index in [1.807, 2.05) is 19.9 Å². The van der Waals surface area contributed by atoms with Crippen molar-refractivity contribution >= 4 is 11.4 Å². The molecule has 0 aliphatic carbocycles. The number of anilines is 1. The maximum absolute atomic E-state index is 10.8. The van der Waals surface area contributed by atoms with E-state index in [1.54, 1.807) is 12.3 Å². The van der Waals surface area contributed by atoms with Crippen molar-refractivity contribution in [1.82, 2.24) is 10.2 Å². The lowest BCUT2D eigenvalue weighted by Gasteiger charge is -2.06. The summed E-state index contributed by atoms with van der Waals surface area (Å²) in [6.07, 6.45) is 1.74. The summed E-state index contributed by atoms with van der Waals surface area (Å²) in [6, 6.07) is 4.96. The lowest BCUT2D eigenvalue weighted by molar-refractivity contribution is -0.384. The molecule has 1 aromatic heterocycles. The average molecular weight is 246 g/mol. The Hall–Kier alpha value is -2.37. The quantitative estimate of drug-likeness (QED) is 0.641. The third kappa shape index (κ3) is 2.65. The van der Waals surface area contributed by atoms with Gasteiger partial charge in [-0.25, -0.2) is 0 Å². The number of benzene rings is 1. The van der Waals surface area contributed by atoms with Crippen molar-refractivity contribution in [2.45, 2.75) is 20.4 Å². The number of nitro benzene ring substituents is 1. The molecule has 94 valence electrons. The number of non-ortho nitro benzene ring substituents is 1. The lowest BCUT2D eigenvalue weighted by atomic mass is 10.2. The molecule has 0 unspecified atom stereocenters. The van der Waals surface area contributed by atoms with Gasteiger partial charge in [0.15, 0.2) is 0 Å². The van der Waals surface area contributed by atoms with Crippen LogP contribution in [0.2, 0.25) is 0 Å². The van der Waals surface area contributed by atoms with Crippen LogP contribution < -0.4 is 5.32 Å². The summed E-state index contributed by atoms with van der Waals surface area (Å²) < 4.78 is 0. The Bertz CT molecular complexity index is 577. The van der Waals surface area contributed by atoms with Gasteiger partial charge in [0, 0.05) is 35.6 Å². The van der Waals surface area contributed by atoms with Gasteiger partial charge >= 0.3 is 0 Å². The SMILES string of the molecule is Cc1cc(NCc2cn[nH]c2C)cc([N+](=O)[O-])c1. The highest BCUT2D eigenvalue weighted by atomic mass is 16.6. The summed E-state index contributed by atoms with van der Waals surface area (Å²) in [5.41, 5.74) is 3.73. The van der Waals surface area contributed by atoms with Gasteiger partial charge in [-0.2, -0.15) is 5.10 Å². The molecule has 0 aliphatic heterocycles. The van der Waals surface area contributed by atoms with E-state index in [9.17, 15) is 10.1 Å². The van der Waals surface area contributed by atoms with E-state index in [2.05, 4.69) is 15.5 Å². The fourth-order valence-electron chi connectivity index (χ4n) is 1.72. The summed E-state index contributed by atoms with van der Waals surface area (Å²) in [5, 5.41) is 20.7. The summed E-state index contributed by atoms with van der Waals surface area (Å²) in [7, 11) is 0. The molecule has 0 bridgehead atoms. The molecule has 1 aromatic carbocycles. The maximum atomic E-state index is 10.8. The zero-order valence-corrected chi connectivity index (χ0v) is 10.2. The zero-order valence-electron chi connectivity index (χ0n) is 10.2. The first-order chi connectivity index (χ1) is 8.56. The molecule has 2 rings (SSSR count). The highest BCUT2D eigenvalue weighted by Crippen LogP contribution is 2.21. The first-order valence-corrected chi connectivity index (χ1v) is 5.55. The van der Waals surface area contributed by atoms with Crippen molar-refractivity contribution in [3.05, 3.63) is 51.3 Å². The van der Waals surface area contributed by atoms with E-state index in [-0.39, 0.29) is 10.6 Å². The van der Waals surface area contributed by atoms with Gasteiger partial charge in [0.2, 0.25) is 0 Å². The molecule has 6 heteroatoms. The lowest BCUT2D eigenvalue weighted by Crippen LogP contribution is -2.01. The van der Waals surface area contributed by atoms with Gasteiger partial charge in [-0.1, -0.05) is 0 Å². The Morgan fingerprint density at radius 1 is 1.39 bits per heavy atom. The second-order valence-electron chi connectivity index (χ2n) is 4.19. The van der Waals surface area contributed by atoms with Crippen LogP contribution in [0.5, 0.6) is 0 Å². The third-order valence-corrected chi connectivity index (χ3v) is 2.69. The maximum Gasteiger partial charge on any atom is 0.271 e. The fourth-order valence-corrected chi connectivity index (χ4v) is 1.72. The molecule has 0 saturated heterocycles. The number of hydrogen-bond acceptors (Lipinski definition) is 4. The monoisotopic (exact) mass is 246 g/mol. The minimum Gasteiger partial charge on any atom is -0.381 e. The number of nitrogens with one attached hydrogen (secondary N) is 2. The number of nitro groups is 1. The van der Waals surface area contributed by atoms with Crippen LogP contribution in [0.4, 0.5) is 11.4 Å². The van der Waals surface area contributed by atoms with Crippen molar-refractivity contribution in [3.8, 4) is 0 Å². The van der Waals surface area contributed by atoms with E-state index in [0.717, 1.165) is 22.5 Å². The Balaban J connectivity index is 2.14. The fraction of sp³-hybridized carbons (Fsp3) is 0.250. The Morgan fingerprint density at radius 2 is 2.17 bits per heavy atom. The van der Waals surface area contributed by atoms with Crippen LogP contribution in [0, 0.1) is 24.0 Å². The number of aromatic nitrogens is 2. The number of rotatable bonds is 4. The van der Waals surface area contributed by atoms with E-state index in [0.29, 0.717) is 6.54 Å². The van der Waals surface area contributed by atoms with Gasteiger partial charge in [0.1, 0.15) is 0 Å². The minimum atomic E-state index is -0.388. The summed E-state index contributed by atoms with van der Waals surface area (Å²) in [5.74, 6) is 0. The Morgan fingerprint density at radius 3 is 2.78 bits per heavy atom. The van der Waals surface area contributed by atoms with Crippen LogP contribution in [0.25, 0.3) is 0 Å². The van der Waals surface area contributed by atoms with Gasteiger partial charge in [-0.05, 0) is 25.5 Å². The van der Waals surface area contributed by atoms with Gasteiger partial charge in [-0.15, -0.1) is 0 Å². The second-order valence-corrected chi connectivity index (χ2v) is 4.19. The molecule has 0 atom stereocenters. The zero-order chi connectivity index (χ0) is 13.1. The van der Waals surface area contributed by atoms with Gasteiger partial charge < -0.3 is 5.32 Å². The molecule has 18 heavy (non-hydrogen) atoms. The molecular formula is C12H14N4O2. The standard InChI is InChI=1S/C12H14N4O2/c1-8-3-11(5-12(4-8)16(17)18)13-6-10-7-14-15-9(10)2/h3-5,7,13H,6H2,1-2H3,(H,14,15). The van der Waals surface area contributed by atoms with Gasteiger partial charge in [0.25, 0.3) is 5.69 Å².